The van der Waals surface area contributed by atoms with Crippen LogP contribution in [0.15, 0.2) is 54.6 Å². The Kier molecular flexibility index (Phi) is 5.35. The van der Waals surface area contributed by atoms with Crippen LogP contribution in [0.5, 0.6) is 5.75 Å². The van der Waals surface area contributed by atoms with Crippen LogP contribution < -0.4 is 15.4 Å². The van der Waals surface area contributed by atoms with Crippen molar-refractivity contribution < 1.29 is 18.7 Å². The minimum absolute atomic E-state index is 0.0261. The summed E-state index contributed by atoms with van der Waals surface area (Å²) in [5.74, 6) is -0.960. The number of nitrogens with one attached hydrogen (secondary N) is 2. The van der Waals surface area contributed by atoms with E-state index in [1.54, 1.807) is 12.1 Å². The highest BCUT2D eigenvalue weighted by Crippen LogP contribution is 2.28. The number of carbonyl (C=O) groups is 2. The van der Waals surface area contributed by atoms with Gasteiger partial charge < -0.3 is 15.4 Å². The van der Waals surface area contributed by atoms with Gasteiger partial charge in [-0.3, -0.25) is 9.59 Å². The zero-order valence-electron chi connectivity index (χ0n) is 15.0. The maximum atomic E-state index is 14.1. The van der Waals surface area contributed by atoms with Gasteiger partial charge in [-0.15, -0.1) is 0 Å². The van der Waals surface area contributed by atoms with E-state index in [1.165, 1.54) is 25.1 Å². The highest BCUT2D eigenvalue weighted by atomic mass is 19.1. The smallest absolute Gasteiger partial charge is 0.259 e. The van der Waals surface area contributed by atoms with E-state index >= 15 is 0 Å². The Balaban J connectivity index is 1.96. The van der Waals surface area contributed by atoms with Crippen LogP contribution >= 0.6 is 0 Å². The minimum Gasteiger partial charge on any atom is -0.493 e. The fourth-order valence-corrected chi connectivity index (χ4v) is 2.76. The van der Waals surface area contributed by atoms with E-state index in [0.717, 1.165) is 10.8 Å². The quantitative estimate of drug-likeness (QED) is 0.694. The molecular formula is C21H19FN2O3. The number of ether oxygens (including phenoxy) is 1. The molecule has 0 saturated heterocycles. The van der Waals surface area contributed by atoms with Crippen molar-refractivity contribution >= 4 is 34.0 Å². The molecule has 2 amide bonds. The monoisotopic (exact) mass is 366 g/mol. The summed E-state index contributed by atoms with van der Waals surface area (Å²) in [6.45, 7) is 3.57. The molecule has 0 bridgehead atoms. The lowest BCUT2D eigenvalue weighted by molar-refractivity contribution is -0.114. The highest BCUT2D eigenvalue weighted by Gasteiger charge is 2.16. The Morgan fingerprint density at radius 2 is 1.70 bits per heavy atom. The van der Waals surface area contributed by atoms with Crippen molar-refractivity contribution in [2.24, 2.45) is 0 Å². The van der Waals surface area contributed by atoms with Crippen molar-refractivity contribution in [3.63, 3.8) is 0 Å². The fourth-order valence-electron chi connectivity index (χ4n) is 2.76. The predicted octanol–water partition coefficient (Wildman–Crippen LogP) is 4.59. The van der Waals surface area contributed by atoms with Gasteiger partial charge in [-0.2, -0.15) is 0 Å². The van der Waals surface area contributed by atoms with Crippen LogP contribution in [-0.4, -0.2) is 18.4 Å². The van der Waals surface area contributed by atoms with Crippen LogP contribution in [0.1, 0.15) is 24.2 Å². The van der Waals surface area contributed by atoms with Gasteiger partial charge in [0.05, 0.1) is 17.9 Å². The number of amides is 2. The lowest BCUT2D eigenvalue weighted by atomic mass is 10.1. The van der Waals surface area contributed by atoms with Crippen LogP contribution in [0, 0.1) is 5.82 Å². The molecule has 5 nitrogen and oxygen atoms in total. The first-order valence-electron chi connectivity index (χ1n) is 8.52. The molecule has 0 radical (unpaired) electrons. The Labute approximate surface area is 156 Å². The number of hydrogen-bond acceptors (Lipinski definition) is 3. The molecule has 3 rings (SSSR count). The molecule has 138 valence electrons. The second kappa shape index (κ2) is 7.86. The summed E-state index contributed by atoms with van der Waals surface area (Å²) in [5.41, 5.74) is 0.671. The summed E-state index contributed by atoms with van der Waals surface area (Å²) in [6, 6.07) is 15.1. The molecule has 27 heavy (non-hydrogen) atoms. The number of anilines is 2. The van der Waals surface area contributed by atoms with Gasteiger partial charge in [-0.1, -0.05) is 24.3 Å². The average Bonchev–Trinajstić information content (AvgIpc) is 2.63. The summed E-state index contributed by atoms with van der Waals surface area (Å²) in [6.07, 6.45) is 0. The van der Waals surface area contributed by atoms with Gasteiger partial charge in [-0.05, 0) is 48.0 Å². The molecule has 3 aromatic carbocycles. The molecule has 0 spiro atoms. The lowest BCUT2D eigenvalue weighted by Crippen LogP contribution is -2.15. The number of benzene rings is 3. The van der Waals surface area contributed by atoms with Crippen molar-refractivity contribution in [2.75, 3.05) is 17.2 Å². The molecule has 0 fully saturated rings. The van der Waals surface area contributed by atoms with Gasteiger partial charge in [-0.25, -0.2) is 4.39 Å². The number of carbonyl (C=O) groups excluding carboxylic acids is 2. The summed E-state index contributed by atoms with van der Waals surface area (Å²) in [5, 5.41) is 6.93. The van der Waals surface area contributed by atoms with Crippen LogP contribution in [0.3, 0.4) is 0 Å². The topological polar surface area (TPSA) is 67.4 Å². The first-order chi connectivity index (χ1) is 13.0. The van der Waals surface area contributed by atoms with E-state index in [4.69, 9.17) is 4.74 Å². The fraction of sp³-hybridized carbons (Fsp3) is 0.143. The second-order valence-corrected chi connectivity index (χ2v) is 5.96. The second-order valence-electron chi connectivity index (χ2n) is 5.96. The van der Waals surface area contributed by atoms with E-state index in [-0.39, 0.29) is 11.6 Å². The van der Waals surface area contributed by atoms with Gasteiger partial charge in [0.15, 0.2) is 0 Å². The maximum absolute atomic E-state index is 14.1. The molecule has 0 aromatic heterocycles. The third-order valence-electron chi connectivity index (χ3n) is 3.93. The van der Waals surface area contributed by atoms with Crippen molar-refractivity contribution in [3.05, 3.63) is 66.0 Å². The first kappa shape index (κ1) is 18.4. The Morgan fingerprint density at radius 3 is 2.37 bits per heavy atom. The molecule has 0 atom stereocenters. The molecule has 0 aliphatic rings. The zero-order valence-corrected chi connectivity index (χ0v) is 15.0. The molecule has 2 N–H and O–H groups in total. The van der Waals surface area contributed by atoms with Gasteiger partial charge in [0.25, 0.3) is 5.91 Å². The summed E-state index contributed by atoms with van der Waals surface area (Å²) >= 11 is 0. The molecular weight excluding hydrogens is 347 g/mol. The molecule has 0 unspecified atom stereocenters. The molecule has 3 aromatic rings. The molecule has 0 heterocycles. The average molecular weight is 366 g/mol. The standard InChI is InChI=1S/C21H19FN2O3/c1-3-27-20-11-15-7-5-4-6-14(15)10-17(20)21(26)24-19-12-16(23-13(2)25)8-9-18(19)22/h4-12H,3H2,1-2H3,(H,23,25)(H,24,26). The summed E-state index contributed by atoms with van der Waals surface area (Å²) < 4.78 is 19.7. The number of halogens is 1. The van der Waals surface area contributed by atoms with E-state index in [9.17, 15) is 14.0 Å². The number of hydrogen-bond donors (Lipinski definition) is 2. The van der Waals surface area contributed by atoms with Gasteiger partial charge >= 0.3 is 0 Å². The maximum Gasteiger partial charge on any atom is 0.259 e. The zero-order chi connectivity index (χ0) is 19.4. The van der Waals surface area contributed by atoms with Crippen LogP contribution in [0.4, 0.5) is 15.8 Å². The van der Waals surface area contributed by atoms with Gasteiger partial charge in [0, 0.05) is 12.6 Å². The minimum atomic E-state index is -0.601. The lowest BCUT2D eigenvalue weighted by Gasteiger charge is -2.13. The Morgan fingerprint density at radius 1 is 1.00 bits per heavy atom. The van der Waals surface area contributed by atoms with Crippen molar-refractivity contribution in [3.8, 4) is 5.75 Å². The van der Waals surface area contributed by atoms with Crippen LogP contribution in [-0.2, 0) is 4.79 Å². The number of fused-ring (bicyclic) bond motifs is 1. The van der Waals surface area contributed by atoms with Gasteiger partial charge in [0.2, 0.25) is 5.91 Å². The Hall–Kier alpha value is -3.41. The molecule has 0 aliphatic heterocycles. The highest BCUT2D eigenvalue weighted by molar-refractivity contribution is 6.09. The molecule has 6 heteroatoms. The van der Waals surface area contributed by atoms with Crippen molar-refractivity contribution in [1.29, 1.82) is 0 Å². The van der Waals surface area contributed by atoms with Crippen LogP contribution in [0.2, 0.25) is 0 Å². The van der Waals surface area contributed by atoms with Crippen molar-refractivity contribution in [1.82, 2.24) is 0 Å². The third kappa shape index (κ3) is 4.23. The first-order valence-corrected chi connectivity index (χ1v) is 8.52. The molecule has 0 aliphatic carbocycles. The van der Waals surface area contributed by atoms with E-state index in [0.29, 0.717) is 23.6 Å². The molecule has 0 saturated carbocycles. The summed E-state index contributed by atoms with van der Waals surface area (Å²) in [7, 11) is 0. The summed E-state index contributed by atoms with van der Waals surface area (Å²) in [4.78, 5) is 24.0. The van der Waals surface area contributed by atoms with E-state index in [2.05, 4.69) is 10.6 Å². The predicted molar refractivity (Wildman–Crippen MR) is 104 cm³/mol. The van der Waals surface area contributed by atoms with Crippen LogP contribution in [0.25, 0.3) is 10.8 Å². The Bertz CT molecular complexity index is 1020. The largest absolute Gasteiger partial charge is 0.493 e. The van der Waals surface area contributed by atoms with Crippen molar-refractivity contribution in [2.45, 2.75) is 13.8 Å². The third-order valence-corrected chi connectivity index (χ3v) is 3.93. The normalized spacial score (nSPS) is 10.5. The SMILES string of the molecule is CCOc1cc2ccccc2cc1C(=O)Nc1cc(NC(C)=O)ccc1F. The van der Waals surface area contributed by atoms with E-state index < -0.39 is 11.7 Å². The number of rotatable bonds is 5. The van der Waals surface area contributed by atoms with Gasteiger partial charge in [0.1, 0.15) is 11.6 Å². The van der Waals surface area contributed by atoms with E-state index in [1.807, 2.05) is 31.2 Å².